The molecule has 0 bridgehead atoms. The highest BCUT2D eigenvalue weighted by molar-refractivity contribution is 5.81. The molecule has 1 aromatic rings. The van der Waals surface area contributed by atoms with E-state index in [4.69, 9.17) is 4.74 Å². The van der Waals surface area contributed by atoms with Crippen molar-refractivity contribution in [3.63, 3.8) is 0 Å². The third kappa shape index (κ3) is 2.03. The van der Waals surface area contributed by atoms with Crippen LogP contribution in [-0.2, 0) is 23.0 Å². The number of ether oxygens (including phenoxy) is 1. The van der Waals surface area contributed by atoms with Gasteiger partial charge in [-0.2, -0.15) is 5.10 Å². The summed E-state index contributed by atoms with van der Waals surface area (Å²) in [4.78, 5) is 12.1. The van der Waals surface area contributed by atoms with Crippen LogP contribution in [0.25, 0.3) is 0 Å². The zero-order chi connectivity index (χ0) is 12.5. The van der Waals surface area contributed by atoms with E-state index in [1.165, 1.54) is 11.3 Å². The lowest BCUT2D eigenvalue weighted by molar-refractivity contribution is -0.130. The Morgan fingerprint density at radius 3 is 3.17 bits per heavy atom. The van der Waals surface area contributed by atoms with Gasteiger partial charge in [-0.05, 0) is 32.1 Å². The number of hydrogen-bond donors (Lipinski definition) is 1. The summed E-state index contributed by atoms with van der Waals surface area (Å²) in [6.07, 6.45) is 6.62. The van der Waals surface area contributed by atoms with Crippen LogP contribution in [0.2, 0.25) is 0 Å². The van der Waals surface area contributed by atoms with Crippen molar-refractivity contribution in [1.29, 1.82) is 0 Å². The molecule has 1 N–H and O–H groups in total. The Morgan fingerprint density at radius 1 is 1.50 bits per heavy atom. The number of nitrogens with zero attached hydrogens (tertiary/aromatic N) is 2. The minimum atomic E-state index is -0.243. The average Bonchev–Trinajstić information content (AvgIpc) is 3.00. The number of carbonyl (C=O) groups is 1. The van der Waals surface area contributed by atoms with Crippen LogP contribution < -0.4 is 5.32 Å². The molecule has 0 spiro atoms. The molecule has 1 saturated heterocycles. The summed E-state index contributed by atoms with van der Waals surface area (Å²) < 4.78 is 7.33. The van der Waals surface area contributed by atoms with E-state index in [9.17, 15) is 4.79 Å². The number of carbonyl (C=O) groups excluding carboxylic acids is 1. The molecule has 2 aliphatic rings. The van der Waals surface area contributed by atoms with Crippen LogP contribution in [0.5, 0.6) is 0 Å². The van der Waals surface area contributed by atoms with E-state index in [1.807, 2.05) is 17.9 Å². The van der Waals surface area contributed by atoms with Gasteiger partial charge in [0.1, 0.15) is 6.10 Å². The number of aromatic nitrogens is 2. The highest BCUT2D eigenvalue weighted by atomic mass is 16.5. The Balaban J connectivity index is 1.72. The minimum Gasteiger partial charge on any atom is -0.368 e. The van der Waals surface area contributed by atoms with E-state index in [0.717, 1.165) is 32.1 Å². The van der Waals surface area contributed by atoms with Crippen molar-refractivity contribution in [3.05, 3.63) is 17.5 Å². The molecule has 2 atom stereocenters. The fourth-order valence-electron chi connectivity index (χ4n) is 2.91. The molecule has 0 aromatic carbocycles. The lowest BCUT2D eigenvalue weighted by Gasteiger charge is -2.25. The summed E-state index contributed by atoms with van der Waals surface area (Å²) in [5, 5.41) is 7.40. The first-order valence-corrected chi connectivity index (χ1v) is 6.68. The Hall–Kier alpha value is -1.36. The minimum absolute atomic E-state index is 0.0363. The summed E-state index contributed by atoms with van der Waals surface area (Å²) in [6.45, 7) is 0.709. The molecule has 18 heavy (non-hydrogen) atoms. The number of fused-ring (bicyclic) bond motifs is 1. The van der Waals surface area contributed by atoms with Crippen molar-refractivity contribution in [2.24, 2.45) is 7.05 Å². The standard InChI is InChI=1S/C13H19N3O2/c1-16-11-5-2-4-10(9(11)8-14-16)15-13(17)12-6-3-7-18-12/h8,10,12H,2-7H2,1H3,(H,15,17). The molecular weight excluding hydrogens is 230 g/mol. The third-order valence-corrected chi connectivity index (χ3v) is 3.91. The largest absolute Gasteiger partial charge is 0.368 e. The topological polar surface area (TPSA) is 56.2 Å². The number of aryl methyl sites for hydroxylation is 1. The summed E-state index contributed by atoms with van der Waals surface area (Å²) in [7, 11) is 1.96. The van der Waals surface area contributed by atoms with Crippen LogP contribution in [0.1, 0.15) is 43.0 Å². The van der Waals surface area contributed by atoms with Crippen molar-refractivity contribution in [1.82, 2.24) is 15.1 Å². The predicted molar refractivity (Wildman–Crippen MR) is 66.0 cm³/mol. The second kappa shape index (κ2) is 4.72. The van der Waals surface area contributed by atoms with E-state index >= 15 is 0 Å². The van der Waals surface area contributed by atoms with Gasteiger partial charge in [-0.3, -0.25) is 9.48 Å². The first kappa shape index (κ1) is 11.7. The molecule has 0 radical (unpaired) electrons. The molecule has 3 rings (SSSR count). The molecule has 1 amide bonds. The van der Waals surface area contributed by atoms with Gasteiger partial charge in [0.25, 0.3) is 0 Å². The molecule has 1 fully saturated rings. The first-order valence-electron chi connectivity index (χ1n) is 6.68. The monoisotopic (exact) mass is 249 g/mol. The summed E-state index contributed by atoms with van der Waals surface area (Å²) in [6, 6.07) is 0.110. The number of hydrogen-bond acceptors (Lipinski definition) is 3. The van der Waals surface area contributed by atoms with Gasteiger partial charge in [-0.25, -0.2) is 0 Å². The molecule has 1 aromatic heterocycles. The Bertz CT molecular complexity index is 449. The summed E-state index contributed by atoms with van der Waals surface area (Å²) >= 11 is 0. The molecule has 5 heteroatoms. The van der Waals surface area contributed by atoms with Crippen LogP contribution in [0.15, 0.2) is 6.20 Å². The Kier molecular flexibility index (Phi) is 3.07. The fourth-order valence-corrected chi connectivity index (χ4v) is 2.91. The van der Waals surface area contributed by atoms with E-state index in [0.29, 0.717) is 6.61 Å². The van der Waals surface area contributed by atoms with Crippen molar-refractivity contribution in [2.45, 2.75) is 44.2 Å². The lowest BCUT2D eigenvalue weighted by atomic mass is 9.93. The second-order valence-electron chi connectivity index (χ2n) is 5.13. The first-order chi connectivity index (χ1) is 8.75. The highest BCUT2D eigenvalue weighted by Crippen LogP contribution is 2.29. The molecular formula is C13H19N3O2. The zero-order valence-electron chi connectivity index (χ0n) is 10.7. The quantitative estimate of drug-likeness (QED) is 0.853. The van der Waals surface area contributed by atoms with Gasteiger partial charge in [-0.15, -0.1) is 0 Å². The Labute approximate surface area is 107 Å². The van der Waals surface area contributed by atoms with Crippen LogP contribution >= 0.6 is 0 Å². The molecule has 1 aliphatic heterocycles. The van der Waals surface area contributed by atoms with E-state index in [2.05, 4.69) is 10.4 Å². The molecule has 1 aliphatic carbocycles. The third-order valence-electron chi connectivity index (χ3n) is 3.91. The van der Waals surface area contributed by atoms with Crippen molar-refractivity contribution < 1.29 is 9.53 Å². The van der Waals surface area contributed by atoms with Gasteiger partial charge in [0.05, 0.1) is 12.2 Å². The SMILES string of the molecule is Cn1ncc2c1CCCC2NC(=O)C1CCCO1. The zero-order valence-corrected chi connectivity index (χ0v) is 10.7. The van der Waals surface area contributed by atoms with E-state index < -0.39 is 0 Å². The number of nitrogens with one attached hydrogen (secondary N) is 1. The van der Waals surface area contributed by atoms with E-state index in [1.54, 1.807) is 0 Å². The van der Waals surface area contributed by atoms with Crippen LogP contribution in [-0.4, -0.2) is 28.4 Å². The van der Waals surface area contributed by atoms with Crippen molar-refractivity contribution >= 4 is 5.91 Å². The smallest absolute Gasteiger partial charge is 0.249 e. The molecule has 2 unspecified atom stereocenters. The molecule has 98 valence electrons. The van der Waals surface area contributed by atoms with Crippen LogP contribution in [0.4, 0.5) is 0 Å². The number of rotatable bonds is 2. The van der Waals surface area contributed by atoms with Crippen LogP contribution in [0, 0.1) is 0 Å². The lowest BCUT2D eigenvalue weighted by Crippen LogP contribution is -2.38. The van der Waals surface area contributed by atoms with Gasteiger partial charge in [0.15, 0.2) is 0 Å². The molecule has 2 heterocycles. The predicted octanol–water partition coefficient (Wildman–Crippen LogP) is 1.09. The van der Waals surface area contributed by atoms with E-state index in [-0.39, 0.29) is 18.1 Å². The maximum atomic E-state index is 12.1. The summed E-state index contributed by atoms with van der Waals surface area (Å²) in [5.41, 5.74) is 2.42. The maximum absolute atomic E-state index is 12.1. The van der Waals surface area contributed by atoms with Gasteiger partial charge >= 0.3 is 0 Å². The highest BCUT2D eigenvalue weighted by Gasteiger charge is 2.29. The number of amides is 1. The maximum Gasteiger partial charge on any atom is 0.249 e. The summed E-state index contributed by atoms with van der Waals surface area (Å²) in [5.74, 6) is 0.0363. The van der Waals surface area contributed by atoms with Gasteiger partial charge < -0.3 is 10.1 Å². The second-order valence-corrected chi connectivity index (χ2v) is 5.13. The van der Waals surface area contributed by atoms with Gasteiger partial charge in [-0.1, -0.05) is 0 Å². The Morgan fingerprint density at radius 2 is 2.39 bits per heavy atom. The normalized spacial score (nSPS) is 26.9. The average molecular weight is 249 g/mol. The van der Waals surface area contributed by atoms with Gasteiger partial charge in [0.2, 0.25) is 5.91 Å². The molecule has 5 nitrogen and oxygen atoms in total. The van der Waals surface area contributed by atoms with Crippen LogP contribution in [0.3, 0.4) is 0 Å². The van der Waals surface area contributed by atoms with Gasteiger partial charge in [0, 0.05) is 24.9 Å². The molecule has 0 saturated carbocycles. The van der Waals surface area contributed by atoms with Crippen molar-refractivity contribution in [2.75, 3.05) is 6.61 Å². The fraction of sp³-hybridized carbons (Fsp3) is 0.692. The van der Waals surface area contributed by atoms with Crippen molar-refractivity contribution in [3.8, 4) is 0 Å².